The van der Waals surface area contributed by atoms with E-state index in [1.54, 1.807) is 24.3 Å². The predicted octanol–water partition coefficient (Wildman–Crippen LogP) is 4.21. The number of hydrogen-bond acceptors (Lipinski definition) is 11. The predicted molar refractivity (Wildman–Crippen MR) is 168 cm³/mol. The fourth-order valence-electron chi connectivity index (χ4n) is 4.25. The number of nitrogen functional groups attached to an aromatic ring is 1. The molecule has 1 fully saturated rings. The summed E-state index contributed by atoms with van der Waals surface area (Å²) < 4.78 is 5.11. The van der Waals surface area contributed by atoms with Crippen molar-refractivity contribution in [2.45, 2.75) is 26.2 Å². The molecule has 0 radical (unpaired) electrons. The molecule has 1 aliphatic rings. The van der Waals surface area contributed by atoms with Gasteiger partial charge in [0.15, 0.2) is 5.82 Å². The van der Waals surface area contributed by atoms with Gasteiger partial charge in [-0.2, -0.15) is 0 Å². The van der Waals surface area contributed by atoms with E-state index in [-0.39, 0.29) is 16.9 Å². The molecular formula is C30H38N10O2. The van der Waals surface area contributed by atoms with Crippen LogP contribution in [0.5, 0.6) is 0 Å². The van der Waals surface area contributed by atoms with Gasteiger partial charge in [-0.3, -0.25) is 10.2 Å². The van der Waals surface area contributed by atoms with Crippen molar-refractivity contribution in [3.8, 4) is 0 Å². The lowest BCUT2D eigenvalue weighted by Gasteiger charge is -2.29. The van der Waals surface area contributed by atoms with E-state index in [9.17, 15) is 4.79 Å². The fourth-order valence-corrected chi connectivity index (χ4v) is 4.25. The van der Waals surface area contributed by atoms with E-state index >= 15 is 0 Å². The summed E-state index contributed by atoms with van der Waals surface area (Å²) in [7, 11) is 1.82. The van der Waals surface area contributed by atoms with Crippen LogP contribution in [0.1, 0.15) is 37.7 Å². The summed E-state index contributed by atoms with van der Waals surface area (Å²) in [6.45, 7) is 10.1. The van der Waals surface area contributed by atoms with Gasteiger partial charge >= 0.3 is 0 Å². The summed E-state index contributed by atoms with van der Waals surface area (Å²) in [5, 5.41) is 24.6. The minimum Gasteiger partial charge on any atom is -0.383 e. The molecule has 1 aliphatic heterocycles. The maximum atomic E-state index is 10.6. The highest BCUT2D eigenvalue weighted by Crippen LogP contribution is 2.27. The van der Waals surface area contributed by atoms with E-state index in [0.717, 1.165) is 54.7 Å². The SMILES string of the molecule is CNc1cc(C(C)(C)C)on1.N=C(c1ccc(N2CCNCC2)cc1)c1c(N)ncnc1Nc1ccc(NC=O)cc1. The van der Waals surface area contributed by atoms with E-state index in [1.807, 2.05) is 37.4 Å². The number of amides is 1. The molecule has 0 bridgehead atoms. The fraction of sp³-hybridized carbons (Fsp3) is 0.300. The van der Waals surface area contributed by atoms with Crippen molar-refractivity contribution in [3.63, 3.8) is 0 Å². The number of hydrogen-bond donors (Lipinski definition) is 6. The summed E-state index contributed by atoms with van der Waals surface area (Å²) in [6.07, 6.45) is 1.99. The molecule has 3 heterocycles. The average Bonchev–Trinajstić information content (AvgIpc) is 3.50. The highest BCUT2D eigenvalue weighted by atomic mass is 16.5. The highest BCUT2D eigenvalue weighted by Gasteiger charge is 2.19. The normalized spacial score (nSPS) is 13.0. The number of piperazine rings is 1. The lowest BCUT2D eigenvalue weighted by Crippen LogP contribution is -2.43. The van der Waals surface area contributed by atoms with Gasteiger partial charge in [0.05, 0.1) is 11.3 Å². The van der Waals surface area contributed by atoms with Crippen LogP contribution in [0.15, 0.2) is 65.4 Å². The number of carbonyl (C=O) groups excluding carboxylic acids is 1. The van der Waals surface area contributed by atoms with Crippen molar-refractivity contribution in [2.75, 3.05) is 59.8 Å². The van der Waals surface area contributed by atoms with Crippen molar-refractivity contribution < 1.29 is 9.32 Å². The molecule has 0 unspecified atom stereocenters. The third kappa shape index (κ3) is 7.61. The van der Waals surface area contributed by atoms with Gasteiger partial charge in [0.2, 0.25) is 6.41 Å². The Bertz CT molecular complexity index is 1470. The van der Waals surface area contributed by atoms with E-state index in [4.69, 9.17) is 15.7 Å². The van der Waals surface area contributed by atoms with Crippen molar-refractivity contribution in [1.29, 1.82) is 5.41 Å². The first kappa shape index (κ1) is 30.0. The first-order valence-electron chi connectivity index (χ1n) is 13.7. The van der Waals surface area contributed by atoms with Crippen LogP contribution in [0, 0.1) is 5.41 Å². The number of carbonyl (C=O) groups is 1. The van der Waals surface area contributed by atoms with Crippen LogP contribution in [-0.4, -0.2) is 60.5 Å². The quantitative estimate of drug-likeness (QED) is 0.133. The highest BCUT2D eigenvalue weighted by molar-refractivity contribution is 6.16. The molecule has 0 atom stereocenters. The molecule has 4 aromatic rings. The molecule has 1 amide bonds. The van der Waals surface area contributed by atoms with Crippen LogP contribution in [-0.2, 0) is 10.2 Å². The van der Waals surface area contributed by atoms with Crippen LogP contribution in [0.2, 0.25) is 0 Å². The Labute approximate surface area is 245 Å². The number of nitrogens with one attached hydrogen (secondary N) is 5. The van der Waals surface area contributed by atoms with E-state index in [2.05, 4.69) is 62.1 Å². The molecule has 0 spiro atoms. The summed E-state index contributed by atoms with van der Waals surface area (Å²) in [6, 6.07) is 17.0. The molecule has 12 heteroatoms. The lowest BCUT2D eigenvalue weighted by molar-refractivity contribution is -0.105. The number of anilines is 6. The molecule has 2 aromatic carbocycles. The largest absolute Gasteiger partial charge is 0.383 e. The topological polar surface area (TPSA) is 170 Å². The Morgan fingerprint density at radius 2 is 1.71 bits per heavy atom. The van der Waals surface area contributed by atoms with Crippen LogP contribution < -0.4 is 31.9 Å². The smallest absolute Gasteiger partial charge is 0.211 e. The van der Waals surface area contributed by atoms with Crippen molar-refractivity contribution >= 4 is 46.6 Å². The number of rotatable bonds is 8. The zero-order valence-electron chi connectivity index (χ0n) is 24.4. The first-order chi connectivity index (χ1) is 20.2. The summed E-state index contributed by atoms with van der Waals surface area (Å²) >= 11 is 0. The molecule has 0 aliphatic carbocycles. The third-order valence-corrected chi connectivity index (χ3v) is 6.64. The van der Waals surface area contributed by atoms with Gasteiger partial charge in [-0.15, -0.1) is 0 Å². The second kappa shape index (κ2) is 13.6. The second-order valence-electron chi connectivity index (χ2n) is 10.7. The van der Waals surface area contributed by atoms with Crippen LogP contribution in [0.3, 0.4) is 0 Å². The van der Waals surface area contributed by atoms with Gasteiger partial charge in [0.25, 0.3) is 0 Å². The zero-order chi connectivity index (χ0) is 30.1. The van der Waals surface area contributed by atoms with Gasteiger partial charge in [-0.25, -0.2) is 9.97 Å². The Balaban J connectivity index is 0.000000310. The van der Waals surface area contributed by atoms with Crippen molar-refractivity contribution in [2.24, 2.45) is 0 Å². The molecule has 12 nitrogen and oxygen atoms in total. The Morgan fingerprint density at radius 3 is 2.29 bits per heavy atom. The lowest BCUT2D eigenvalue weighted by atomic mass is 9.93. The average molecular weight is 571 g/mol. The number of benzene rings is 2. The second-order valence-corrected chi connectivity index (χ2v) is 10.7. The monoisotopic (exact) mass is 570 g/mol. The third-order valence-electron chi connectivity index (χ3n) is 6.64. The molecule has 0 saturated carbocycles. The van der Waals surface area contributed by atoms with Crippen LogP contribution in [0.4, 0.5) is 34.5 Å². The minimum atomic E-state index is 0.0437. The Hall–Kier alpha value is -4.97. The Morgan fingerprint density at radius 1 is 1.05 bits per heavy atom. The first-order valence-corrected chi connectivity index (χ1v) is 13.7. The molecule has 1 saturated heterocycles. The van der Waals surface area contributed by atoms with Gasteiger partial charge in [0.1, 0.15) is 23.7 Å². The van der Waals surface area contributed by atoms with Crippen molar-refractivity contribution in [1.82, 2.24) is 20.4 Å². The maximum Gasteiger partial charge on any atom is 0.211 e. The minimum absolute atomic E-state index is 0.0437. The van der Waals surface area contributed by atoms with E-state index < -0.39 is 0 Å². The Kier molecular flexibility index (Phi) is 9.71. The molecular weight excluding hydrogens is 532 g/mol. The zero-order valence-corrected chi connectivity index (χ0v) is 24.4. The molecule has 42 heavy (non-hydrogen) atoms. The maximum absolute atomic E-state index is 10.6. The van der Waals surface area contributed by atoms with Crippen LogP contribution in [0.25, 0.3) is 0 Å². The molecule has 7 N–H and O–H groups in total. The molecule has 2 aromatic heterocycles. The van der Waals surface area contributed by atoms with Gasteiger partial charge in [-0.1, -0.05) is 38.1 Å². The summed E-state index contributed by atoms with van der Waals surface area (Å²) in [5.41, 5.74) is 10.1. The number of aromatic nitrogens is 3. The molecule has 5 rings (SSSR count). The van der Waals surface area contributed by atoms with E-state index in [0.29, 0.717) is 23.5 Å². The van der Waals surface area contributed by atoms with Gasteiger partial charge in [-0.05, 0) is 36.4 Å². The number of nitrogens with two attached hydrogens (primary N) is 1. The van der Waals surface area contributed by atoms with Crippen LogP contribution >= 0.6 is 0 Å². The molecule has 220 valence electrons. The van der Waals surface area contributed by atoms with Crippen molar-refractivity contribution in [3.05, 3.63) is 77.8 Å². The van der Waals surface area contributed by atoms with Gasteiger partial charge in [0, 0.05) is 67.3 Å². The number of nitrogens with zero attached hydrogens (tertiary/aromatic N) is 4. The summed E-state index contributed by atoms with van der Waals surface area (Å²) in [5.74, 6) is 2.37. The van der Waals surface area contributed by atoms with Gasteiger partial charge < -0.3 is 36.4 Å². The summed E-state index contributed by atoms with van der Waals surface area (Å²) in [4.78, 5) is 21.3. The standard InChI is InChI=1S/C22H24N8O.C8H14N2O/c23-20(15-1-7-18(8-2-15)30-11-9-25-10-12-30)19-21(24)26-13-27-22(19)29-17-5-3-16(4-6-17)28-14-31;1-8(2,3)6-5-7(9-4)10-11-6/h1-8,13-14,23,25H,9-12H2,(H,28,31)(H3,24,26,27,29);5H,1-4H3,(H,9,10). The van der Waals surface area contributed by atoms with E-state index in [1.165, 1.54) is 6.33 Å².